The van der Waals surface area contributed by atoms with Crippen LogP contribution in [0.25, 0.3) is 0 Å². The molecule has 2 aromatic rings. The molecule has 1 aromatic carbocycles. The summed E-state index contributed by atoms with van der Waals surface area (Å²) < 4.78 is 5.76. The number of aliphatic hydroxyl groups is 1. The van der Waals surface area contributed by atoms with E-state index < -0.39 is 6.10 Å². The fraction of sp³-hybridized carbons (Fsp3) is 0.412. The van der Waals surface area contributed by atoms with Crippen LogP contribution < -0.4 is 10.1 Å². The zero-order chi connectivity index (χ0) is 15.2. The van der Waals surface area contributed by atoms with E-state index in [0.29, 0.717) is 13.2 Å². The fourth-order valence-electron chi connectivity index (χ4n) is 2.22. The van der Waals surface area contributed by atoms with Crippen molar-refractivity contribution in [3.63, 3.8) is 0 Å². The molecule has 2 atom stereocenters. The van der Waals surface area contributed by atoms with Gasteiger partial charge in [-0.25, -0.2) is 0 Å². The van der Waals surface area contributed by atoms with Crippen molar-refractivity contribution >= 4 is 11.3 Å². The van der Waals surface area contributed by atoms with Crippen molar-refractivity contribution in [2.24, 2.45) is 0 Å². The van der Waals surface area contributed by atoms with Crippen molar-refractivity contribution in [2.45, 2.75) is 32.9 Å². The quantitative estimate of drug-likeness (QED) is 0.823. The lowest BCUT2D eigenvalue weighted by Gasteiger charge is -2.18. The van der Waals surface area contributed by atoms with E-state index in [1.807, 2.05) is 38.1 Å². The molecule has 0 aliphatic heterocycles. The molecule has 0 aliphatic rings. The molecule has 114 valence electrons. The summed E-state index contributed by atoms with van der Waals surface area (Å²) in [6.45, 7) is 6.96. The van der Waals surface area contributed by atoms with Crippen LogP contribution in [0.2, 0.25) is 0 Å². The Kier molecular flexibility index (Phi) is 5.79. The SMILES string of the molecule is Cc1cccc(C)c1OCC(O)CN[C@H](C)c1cccs1. The molecule has 0 saturated carbocycles. The minimum Gasteiger partial charge on any atom is -0.490 e. The Morgan fingerprint density at radius 2 is 1.90 bits per heavy atom. The van der Waals surface area contributed by atoms with E-state index in [2.05, 4.69) is 23.7 Å². The average Bonchev–Trinajstić information content (AvgIpc) is 2.98. The first-order valence-electron chi connectivity index (χ1n) is 7.21. The minimum atomic E-state index is -0.522. The standard InChI is InChI=1S/C17H23NO2S/c1-12-6-4-7-13(2)17(12)20-11-15(19)10-18-14(3)16-8-5-9-21-16/h4-9,14-15,18-19H,10-11H2,1-3H3/t14-,15?/m1/s1. The zero-order valence-corrected chi connectivity index (χ0v) is 13.6. The lowest BCUT2D eigenvalue weighted by atomic mass is 10.1. The van der Waals surface area contributed by atoms with Gasteiger partial charge in [-0.3, -0.25) is 0 Å². The van der Waals surface area contributed by atoms with Crippen molar-refractivity contribution in [2.75, 3.05) is 13.2 Å². The van der Waals surface area contributed by atoms with Crippen molar-refractivity contribution in [1.29, 1.82) is 0 Å². The van der Waals surface area contributed by atoms with E-state index in [9.17, 15) is 5.11 Å². The number of rotatable bonds is 7. The highest BCUT2D eigenvalue weighted by molar-refractivity contribution is 7.10. The third-order valence-electron chi connectivity index (χ3n) is 3.46. The molecule has 1 unspecified atom stereocenters. The highest BCUT2D eigenvalue weighted by atomic mass is 32.1. The van der Waals surface area contributed by atoms with E-state index in [1.54, 1.807) is 11.3 Å². The van der Waals surface area contributed by atoms with E-state index in [1.165, 1.54) is 4.88 Å². The first-order valence-corrected chi connectivity index (χ1v) is 8.09. The molecule has 1 heterocycles. The van der Waals surface area contributed by atoms with E-state index in [4.69, 9.17) is 4.74 Å². The zero-order valence-electron chi connectivity index (χ0n) is 12.8. The largest absolute Gasteiger partial charge is 0.490 e. The number of para-hydroxylation sites is 1. The van der Waals surface area contributed by atoms with Crippen LogP contribution >= 0.6 is 11.3 Å². The molecule has 0 spiro atoms. The molecule has 0 amide bonds. The Bertz CT molecular complexity index is 534. The summed E-state index contributed by atoms with van der Waals surface area (Å²) in [6, 6.07) is 10.4. The third kappa shape index (κ3) is 4.56. The van der Waals surface area contributed by atoms with Gasteiger partial charge < -0.3 is 15.2 Å². The third-order valence-corrected chi connectivity index (χ3v) is 4.51. The molecule has 0 fully saturated rings. The van der Waals surface area contributed by atoms with Crippen LogP contribution in [-0.4, -0.2) is 24.4 Å². The molecule has 3 nitrogen and oxygen atoms in total. The van der Waals surface area contributed by atoms with Gasteiger partial charge in [-0.15, -0.1) is 11.3 Å². The molecule has 0 radical (unpaired) electrons. The number of nitrogens with one attached hydrogen (secondary N) is 1. The lowest BCUT2D eigenvalue weighted by Crippen LogP contribution is -2.32. The van der Waals surface area contributed by atoms with Gasteiger partial charge in [-0.1, -0.05) is 24.3 Å². The van der Waals surface area contributed by atoms with Crippen LogP contribution in [0.4, 0.5) is 0 Å². The van der Waals surface area contributed by atoms with Gasteiger partial charge in [0.05, 0.1) is 0 Å². The average molecular weight is 305 g/mol. The topological polar surface area (TPSA) is 41.5 Å². The molecular weight excluding hydrogens is 282 g/mol. The number of aryl methyl sites for hydroxylation is 2. The number of ether oxygens (including phenoxy) is 1. The van der Waals surface area contributed by atoms with Gasteiger partial charge in [0.2, 0.25) is 0 Å². The first kappa shape index (κ1) is 16.0. The summed E-state index contributed by atoms with van der Waals surface area (Å²) in [5.74, 6) is 0.878. The molecule has 0 aliphatic carbocycles. The van der Waals surface area contributed by atoms with Gasteiger partial charge in [0, 0.05) is 17.5 Å². The fourth-order valence-corrected chi connectivity index (χ4v) is 2.98. The van der Waals surface area contributed by atoms with Gasteiger partial charge in [0.15, 0.2) is 0 Å². The second-order valence-corrected chi connectivity index (χ2v) is 6.31. The van der Waals surface area contributed by atoms with Crippen LogP contribution in [0, 0.1) is 13.8 Å². The summed E-state index contributed by atoms with van der Waals surface area (Å²) >= 11 is 1.72. The highest BCUT2D eigenvalue weighted by Gasteiger charge is 2.11. The Balaban J connectivity index is 1.78. The monoisotopic (exact) mass is 305 g/mol. The molecule has 0 bridgehead atoms. The van der Waals surface area contributed by atoms with Crippen molar-refractivity contribution in [1.82, 2.24) is 5.32 Å². The maximum atomic E-state index is 10.1. The molecule has 2 rings (SSSR count). The van der Waals surface area contributed by atoms with Crippen LogP contribution in [-0.2, 0) is 0 Å². The summed E-state index contributed by atoms with van der Waals surface area (Å²) in [7, 11) is 0. The molecule has 0 saturated heterocycles. The number of aliphatic hydroxyl groups excluding tert-OH is 1. The highest BCUT2D eigenvalue weighted by Crippen LogP contribution is 2.22. The smallest absolute Gasteiger partial charge is 0.125 e. The Morgan fingerprint density at radius 3 is 2.52 bits per heavy atom. The van der Waals surface area contributed by atoms with Crippen molar-refractivity contribution in [3.8, 4) is 5.75 Å². The van der Waals surface area contributed by atoms with E-state index in [0.717, 1.165) is 16.9 Å². The number of hydrogen-bond acceptors (Lipinski definition) is 4. The Hall–Kier alpha value is -1.36. The van der Waals surface area contributed by atoms with Crippen LogP contribution in [0.1, 0.15) is 29.0 Å². The predicted octanol–water partition coefficient (Wildman–Crippen LogP) is 3.46. The Labute approximate surface area is 130 Å². The van der Waals surface area contributed by atoms with Gasteiger partial charge in [0.25, 0.3) is 0 Å². The predicted molar refractivity (Wildman–Crippen MR) is 88.2 cm³/mol. The van der Waals surface area contributed by atoms with E-state index in [-0.39, 0.29) is 6.04 Å². The van der Waals surface area contributed by atoms with Gasteiger partial charge in [0.1, 0.15) is 18.5 Å². The maximum absolute atomic E-state index is 10.1. The normalized spacial score (nSPS) is 13.9. The van der Waals surface area contributed by atoms with Crippen LogP contribution in [0.5, 0.6) is 5.75 Å². The molecule has 4 heteroatoms. The number of benzene rings is 1. The number of thiophene rings is 1. The van der Waals surface area contributed by atoms with Crippen molar-refractivity contribution in [3.05, 3.63) is 51.7 Å². The van der Waals surface area contributed by atoms with E-state index >= 15 is 0 Å². The second-order valence-electron chi connectivity index (χ2n) is 5.33. The van der Waals surface area contributed by atoms with Gasteiger partial charge in [-0.2, -0.15) is 0 Å². The minimum absolute atomic E-state index is 0.250. The first-order chi connectivity index (χ1) is 10.1. The summed E-state index contributed by atoms with van der Waals surface area (Å²) in [6.07, 6.45) is -0.522. The van der Waals surface area contributed by atoms with Gasteiger partial charge in [-0.05, 0) is 43.3 Å². The maximum Gasteiger partial charge on any atom is 0.125 e. The molecule has 2 N–H and O–H groups in total. The van der Waals surface area contributed by atoms with Gasteiger partial charge >= 0.3 is 0 Å². The summed E-state index contributed by atoms with van der Waals surface area (Å²) in [5, 5.41) is 15.4. The summed E-state index contributed by atoms with van der Waals surface area (Å²) in [4.78, 5) is 1.28. The van der Waals surface area contributed by atoms with Crippen LogP contribution in [0.3, 0.4) is 0 Å². The molecule has 21 heavy (non-hydrogen) atoms. The Morgan fingerprint density at radius 1 is 1.19 bits per heavy atom. The van der Waals surface area contributed by atoms with Crippen LogP contribution in [0.15, 0.2) is 35.7 Å². The molecule has 1 aromatic heterocycles. The van der Waals surface area contributed by atoms with Crippen molar-refractivity contribution < 1.29 is 9.84 Å². The second kappa shape index (κ2) is 7.59. The lowest BCUT2D eigenvalue weighted by molar-refractivity contribution is 0.103. The number of hydrogen-bond donors (Lipinski definition) is 2. The summed E-state index contributed by atoms with van der Waals surface area (Å²) in [5.41, 5.74) is 2.20. The molecular formula is C17H23NO2S.